The molecule has 8 heteroatoms. The van der Waals surface area contributed by atoms with Crippen LogP contribution in [0.4, 0.5) is 11.4 Å². The van der Waals surface area contributed by atoms with Crippen LogP contribution in [0.15, 0.2) is 18.2 Å². The highest BCUT2D eigenvalue weighted by atomic mass is 16.6. The van der Waals surface area contributed by atoms with Crippen LogP contribution in [0.5, 0.6) is 0 Å². The van der Waals surface area contributed by atoms with Crippen LogP contribution < -0.4 is 5.32 Å². The Labute approximate surface area is 151 Å². The van der Waals surface area contributed by atoms with E-state index in [9.17, 15) is 19.7 Å². The highest BCUT2D eigenvalue weighted by Gasteiger charge is 2.30. The van der Waals surface area contributed by atoms with Crippen LogP contribution in [0.2, 0.25) is 0 Å². The number of amides is 1. The summed E-state index contributed by atoms with van der Waals surface area (Å²) in [6.45, 7) is 3.00. The van der Waals surface area contributed by atoms with Gasteiger partial charge in [-0.3, -0.25) is 19.7 Å². The van der Waals surface area contributed by atoms with E-state index in [-0.39, 0.29) is 29.5 Å². The zero-order chi connectivity index (χ0) is 18.7. The highest BCUT2D eigenvalue weighted by Crippen LogP contribution is 2.32. The molecule has 2 fully saturated rings. The molecule has 1 saturated carbocycles. The number of anilines is 1. The minimum absolute atomic E-state index is 0.0795. The molecule has 1 N–H and O–H groups in total. The molecule has 2 aliphatic rings. The maximum atomic E-state index is 12.7. The fourth-order valence-corrected chi connectivity index (χ4v) is 3.15. The molecule has 8 nitrogen and oxygen atoms in total. The van der Waals surface area contributed by atoms with E-state index in [2.05, 4.69) is 5.32 Å². The number of likely N-dealkylation sites (tertiary alicyclic amines) is 1. The summed E-state index contributed by atoms with van der Waals surface area (Å²) in [5.41, 5.74) is 0.673. The zero-order valence-electron chi connectivity index (χ0n) is 14.8. The lowest BCUT2D eigenvalue weighted by Crippen LogP contribution is -2.40. The number of rotatable bonds is 6. The Morgan fingerprint density at radius 3 is 2.54 bits per heavy atom. The summed E-state index contributed by atoms with van der Waals surface area (Å²) in [7, 11) is 0. The topological polar surface area (TPSA) is 102 Å². The Morgan fingerprint density at radius 1 is 1.27 bits per heavy atom. The van der Waals surface area contributed by atoms with Crippen molar-refractivity contribution in [1.29, 1.82) is 0 Å². The van der Waals surface area contributed by atoms with Crippen molar-refractivity contribution in [3.63, 3.8) is 0 Å². The SMILES string of the molecule is CCOC(=O)C1CCN(C(=O)c2ccc(NC3CC3)c([N+](=O)[O-])c2)CC1. The lowest BCUT2D eigenvalue weighted by molar-refractivity contribution is -0.384. The van der Waals surface area contributed by atoms with Gasteiger partial charge in [-0.05, 0) is 44.7 Å². The van der Waals surface area contributed by atoms with E-state index < -0.39 is 4.92 Å². The van der Waals surface area contributed by atoms with Gasteiger partial charge in [-0.15, -0.1) is 0 Å². The Bertz CT molecular complexity index is 709. The summed E-state index contributed by atoms with van der Waals surface area (Å²) in [6.07, 6.45) is 3.11. The Morgan fingerprint density at radius 2 is 1.96 bits per heavy atom. The van der Waals surface area contributed by atoms with E-state index in [1.54, 1.807) is 24.0 Å². The first kappa shape index (κ1) is 18.2. The third-order valence-corrected chi connectivity index (χ3v) is 4.78. The van der Waals surface area contributed by atoms with Gasteiger partial charge >= 0.3 is 5.97 Å². The largest absolute Gasteiger partial charge is 0.466 e. The highest BCUT2D eigenvalue weighted by molar-refractivity contribution is 5.96. The van der Waals surface area contributed by atoms with Crippen molar-refractivity contribution in [3.05, 3.63) is 33.9 Å². The van der Waals surface area contributed by atoms with Gasteiger partial charge in [0.1, 0.15) is 5.69 Å². The third kappa shape index (κ3) is 4.12. The molecule has 0 bridgehead atoms. The van der Waals surface area contributed by atoms with Crippen LogP contribution in [0.25, 0.3) is 0 Å². The summed E-state index contributed by atoms with van der Waals surface area (Å²) >= 11 is 0. The normalized spacial score (nSPS) is 17.7. The van der Waals surface area contributed by atoms with Crippen LogP contribution in [0, 0.1) is 16.0 Å². The quantitative estimate of drug-likeness (QED) is 0.475. The van der Waals surface area contributed by atoms with Crippen LogP contribution in [-0.4, -0.2) is 47.4 Å². The molecular weight excluding hydrogens is 338 g/mol. The Kier molecular flexibility index (Phi) is 5.39. The summed E-state index contributed by atoms with van der Waals surface area (Å²) in [5, 5.41) is 14.5. The predicted octanol–water partition coefficient (Wildman–Crippen LogP) is 2.58. The van der Waals surface area contributed by atoms with Gasteiger partial charge in [0, 0.05) is 30.8 Å². The first-order chi connectivity index (χ1) is 12.5. The number of hydrogen-bond acceptors (Lipinski definition) is 6. The van der Waals surface area contributed by atoms with Crippen molar-refractivity contribution < 1.29 is 19.2 Å². The molecule has 0 atom stereocenters. The standard InChI is InChI=1S/C18H23N3O5/c1-2-26-18(23)12-7-9-20(10-8-12)17(22)13-3-6-15(19-14-4-5-14)16(11-13)21(24)25/h3,6,11-12,14,19H,2,4-5,7-10H2,1H3. The van der Waals surface area contributed by atoms with Gasteiger partial charge in [0.05, 0.1) is 17.4 Å². The average molecular weight is 361 g/mol. The van der Waals surface area contributed by atoms with Crippen molar-refractivity contribution >= 4 is 23.3 Å². The smallest absolute Gasteiger partial charge is 0.309 e. The number of nitrogens with one attached hydrogen (secondary N) is 1. The van der Waals surface area contributed by atoms with Crippen LogP contribution in [0.3, 0.4) is 0 Å². The molecule has 0 spiro atoms. The second-order valence-electron chi connectivity index (χ2n) is 6.73. The molecule has 1 aromatic carbocycles. The lowest BCUT2D eigenvalue weighted by atomic mass is 9.96. The summed E-state index contributed by atoms with van der Waals surface area (Å²) in [5.74, 6) is -0.641. The van der Waals surface area contributed by atoms with Crippen LogP contribution >= 0.6 is 0 Å². The molecule has 1 saturated heterocycles. The summed E-state index contributed by atoms with van der Waals surface area (Å²) in [6, 6.07) is 4.86. The number of esters is 1. The van der Waals surface area contributed by atoms with Crippen LogP contribution in [0.1, 0.15) is 43.0 Å². The number of ether oxygens (including phenoxy) is 1. The van der Waals surface area contributed by atoms with Gasteiger partial charge in [0.15, 0.2) is 0 Å². The van der Waals surface area contributed by atoms with E-state index in [1.165, 1.54) is 6.07 Å². The van der Waals surface area contributed by atoms with Gasteiger partial charge in [-0.1, -0.05) is 0 Å². The van der Waals surface area contributed by atoms with E-state index in [0.717, 1.165) is 12.8 Å². The molecule has 0 radical (unpaired) electrons. The second kappa shape index (κ2) is 7.72. The van der Waals surface area contributed by atoms with Crippen molar-refractivity contribution in [3.8, 4) is 0 Å². The average Bonchev–Trinajstić information content (AvgIpc) is 3.45. The van der Waals surface area contributed by atoms with Gasteiger partial charge in [-0.25, -0.2) is 0 Å². The van der Waals surface area contributed by atoms with E-state index in [1.807, 2.05) is 0 Å². The Balaban J connectivity index is 1.67. The van der Waals surface area contributed by atoms with Crippen molar-refractivity contribution in [2.75, 3.05) is 25.0 Å². The molecule has 0 aromatic heterocycles. The summed E-state index contributed by atoms with van der Waals surface area (Å²) in [4.78, 5) is 37.0. The number of nitro benzene ring substituents is 1. The first-order valence-electron chi connectivity index (χ1n) is 9.00. The molecule has 1 aliphatic carbocycles. The predicted molar refractivity (Wildman–Crippen MR) is 95.0 cm³/mol. The second-order valence-corrected chi connectivity index (χ2v) is 6.73. The van der Waals surface area contributed by atoms with Gasteiger partial charge in [0.25, 0.3) is 11.6 Å². The maximum absolute atomic E-state index is 12.7. The van der Waals surface area contributed by atoms with Gasteiger partial charge < -0.3 is 15.0 Å². The maximum Gasteiger partial charge on any atom is 0.309 e. The molecule has 1 aliphatic heterocycles. The number of carbonyl (C=O) groups is 2. The molecule has 3 rings (SSSR count). The number of hydrogen-bond donors (Lipinski definition) is 1. The molecule has 140 valence electrons. The fraction of sp³-hybridized carbons (Fsp3) is 0.556. The fourth-order valence-electron chi connectivity index (χ4n) is 3.15. The monoisotopic (exact) mass is 361 g/mol. The van der Waals surface area contributed by atoms with Gasteiger partial charge in [-0.2, -0.15) is 0 Å². The lowest BCUT2D eigenvalue weighted by Gasteiger charge is -2.31. The molecule has 1 heterocycles. The van der Waals surface area contributed by atoms with E-state index >= 15 is 0 Å². The van der Waals surface area contributed by atoms with Crippen molar-refractivity contribution in [1.82, 2.24) is 4.90 Å². The number of piperidine rings is 1. The molecule has 26 heavy (non-hydrogen) atoms. The molecule has 1 aromatic rings. The third-order valence-electron chi connectivity index (χ3n) is 4.78. The first-order valence-corrected chi connectivity index (χ1v) is 9.00. The number of nitrogens with zero attached hydrogens (tertiary/aromatic N) is 2. The molecule has 1 amide bonds. The van der Waals surface area contributed by atoms with E-state index in [0.29, 0.717) is 43.8 Å². The van der Waals surface area contributed by atoms with E-state index in [4.69, 9.17) is 4.74 Å². The molecular formula is C18H23N3O5. The molecule has 0 unspecified atom stereocenters. The van der Waals surface area contributed by atoms with Crippen LogP contribution in [-0.2, 0) is 9.53 Å². The number of nitro groups is 1. The Hall–Kier alpha value is -2.64. The minimum Gasteiger partial charge on any atom is -0.466 e. The number of benzene rings is 1. The zero-order valence-corrected chi connectivity index (χ0v) is 14.8. The van der Waals surface area contributed by atoms with Crippen molar-refractivity contribution in [2.45, 2.75) is 38.6 Å². The summed E-state index contributed by atoms with van der Waals surface area (Å²) < 4.78 is 5.03. The minimum atomic E-state index is -0.464. The number of carbonyl (C=O) groups excluding carboxylic acids is 2. The van der Waals surface area contributed by atoms with Crippen molar-refractivity contribution in [2.24, 2.45) is 5.92 Å². The van der Waals surface area contributed by atoms with Gasteiger partial charge in [0.2, 0.25) is 0 Å².